The van der Waals surface area contributed by atoms with Gasteiger partial charge < -0.3 is 9.84 Å². The summed E-state index contributed by atoms with van der Waals surface area (Å²) in [6.45, 7) is 4.45. The summed E-state index contributed by atoms with van der Waals surface area (Å²) >= 11 is 1.52. The van der Waals surface area contributed by atoms with Crippen molar-refractivity contribution >= 4 is 23.3 Å². The van der Waals surface area contributed by atoms with Crippen molar-refractivity contribution in [3.63, 3.8) is 0 Å². The maximum Gasteiger partial charge on any atom is 0.272 e. The van der Waals surface area contributed by atoms with E-state index in [1.54, 1.807) is 6.07 Å². The van der Waals surface area contributed by atoms with Gasteiger partial charge in [0.2, 0.25) is 5.88 Å². The number of nitrogens with zero attached hydrogens (tertiary/aromatic N) is 3. The second-order valence-electron chi connectivity index (χ2n) is 5.47. The number of fused-ring (bicyclic) bond motifs is 1. The van der Waals surface area contributed by atoms with Crippen molar-refractivity contribution in [3.8, 4) is 11.6 Å². The van der Waals surface area contributed by atoms with Crippen LogP contribution < -0.4 is 10.3 Å². The second kappa shape index (κ2) is 6.40. The molecule has 3 rings (SSSR count). The molecule has 0 saturated heterocycles. The molecular weight excluding hydrogens is 330 g/mol. The lowest BCUT2D eigenvalue weighted by Gasteiger charge is -2.07. The summed E-state index contributed by atoms with van der Waals surface area (Å²) in [4.78, 5) is 31.2. The molecule has 8 heteroatoms. The zero-order chi connectivity index (χ0) is 17.3. The molecule has 0 unspecified atom stereocenters. The van der Waals surface area contributed by atoms with E-state index in [1.807, 2.05) is 5.38 Å². The van der Waals surface area contributed by atoms with E-state index < -0.39 is 11.4 Å². The maximum absolute atomic E-state index is 12.0. The molecule has 0 fully saturated rings. The lowest BCUT2D eigenvalue weighted by molar-refractivity contribution is 0.111. The zero-order valence-electron chi connectivity index (χ0n) is 13.1. The van der Waals surface area contributed by atoms with E-state index >= 15 is 0 Å². The second-order valence-corrected chi connectivity index (χ2v) is 6.41. The van der Waals surface area contributed by atoms with E-state index in [4.69, 9.17) is 4.74 Å². The minimum atomic E-state index is -0.624. The van der Waals surface area contributed by atoms with Gasteiger partial charge in [0.15, 0.2) is 6.29 Å². The van der Waals surface area contributed by atoms with E-state index in [-0.39, 0.29) is 17.5 Å². The summed E-state index contributed by atoms with van der Waals surface area (Å²) in [7, 11) is 0. The lowest BCUT2D eigenvalue weighted by Crippen LogP contribution is -2.19. The first-order valence-corrected chi connectivity index (χ1v) is 8.15. The highest BCUT2D eigenvalue weighted by Gasteiger charge is 2.12. The van der Waals surface area contributed by atoms with Crippen LogP contribution in [0.15, 0.2) is 28.5 Å². The molecular formula is C16H15N3O4S. The number of rotatable bonds is 5. The molecule has 124 valence electrons. The van der Waals surface area contributed by atoms with Gasteiger partial charge in [0, 0.05) is 17.6 Å². The van der Waals surface area contributed by atoms with Crippen LogP contribution in [0.4, 0.5) is 0 Å². The SMILES string of the molecule is CC(C)c1csc(COc2ccn3c(=O)c(C=O)c(O)nc3c2)n1. The first-order chi connectivity index (χ1) is 11.5. The quantitative estimate of drug-likeness (QED) is 0.714. The smallest absolute Gasteiger partial charge is 0.272 e. The van der Waals surface area contributed by atoms with Crippen LogP contribution in [-0.4, -0.2) is 25.8 Å². The maximum atomic E-state index is 12.0. The Balaban J connectivity index is 1.85. The van der Waals surface area contributed by atoms with Gasteiger partial charge >= 0.3 is 0 Å². The predicted octanol–water partition coefficient (Wildman–Crippen LogP) is 2.37. The van der Waals surface area contributed by atoms with Gasteiger partial charge in [-0.1, -0.05) is 13.8 Å². The first-order valence-electron chi connectivity index (χ1n) is 7.27. The number of pyridine rings is 1. The summed E-state index contributed by atoms with van der Waals surface area (Å²) in [5.74, 6) is 0.261. The van der Waals surface area contributed by atoms with Crippen molar-refractivity contribution in [3.05, 3.63) is 50.3 Å². The summed E-state index contributed by atoms with van der Waals surface area (Å²) in [6, 6.07) is 3.12. The number of thiazole rings is 1. The standard InChI is InChI=1S/C16H15N3O4S/c1-9(2)12-8-24-14(17-12)7-23-10-3-4-19-13(5-10)18-15(21)11(6-20)16(19)22/h3-6,8-9,21H,7H2,1-2H3. The molecule has 0 saturated carbocycles. The molecule has 0 aliphatic rings. The molecule has 0 amide bonds. The molecule has 1 N–H and O–H groups in total. The Bertz CT molecular complexity index is 962. The first kappa shape index (κ1) is 16.1. The Morgan fingerprint density at radius 1 is 1.42 bits per heavy atom. The van der Waals surface area contributed by atoms with E-state index in [9.17, 15) is 14.7 Å². The van der Waals surface area contributed by atoms with E-state index in [2.05, 4.69) is 23.8 Å². The van der Waals surface area contributed by atoms with E-state index in [0.717, 1.165) is 10.7 Å². The molecule has 0 spiro atoms. The van der Waals surface area contributed by atoms with Gasteiger partial charge in [0.25, 0.3) is 5.56 Å². The third-order valence-corrected chi connectivity index (χ3v) is 4.30. The van der Waals surface area contributed by atoms with Gasteiger partial charge in [-0.25, -0.2) is 4.98 Å². The van der Waals surface area contributed by atoms with Gasteiger partial charge in [-0.3, -0.25) is 14.0 Å². The van der Waals surface area contributed by atoms with Crippen LogP contribution in [0, 0.1) is 0 Å². The van der Waals surface area contributed by atoms with Crippen molar-refractivity contribution in [2.45, 2.75) is 26.4 Å². The molecule has 3 heterocycles. The van der Waals surface area contributed by atoms with Crippen LogP contribution >= 0.6 is 11.3 Å². The van der Waals surface area contributed by atoms with Crippen LogP contribution in [0.3, 0.4) is 0 Å². The molecule has 0 aliphatic heterocycles. The molecule has 3 aromatic rings. The number of hydrogen-bond donors (Lipinski definition) is 1. The minimum absolute atomic E-state index is 0.197. The lowest BCUT2D eigenvalue weighted by atomic mass is 10.2. The Kier molecular flexibility index (Phi) is 4.30. The zero-order valence-corrected chi connectivity index (χ0v) is 13.9. The number of aromatic nitrogens is 3. The Morgan fingerprint density at radius 3 is 2.88 bits per heavy atom. The normalized spacial score (nSPS) is 11.1. The van der Waals surface area contributed by atoms with Gasteiger partial charge in [0.1, 0.15) is 28.6 Å². The summed E-state index contributed by atoms with van der Waals surface area (Å²) in [6.07, 6.45) is 1.74. The van der Waals surface area contributed by atoms with E-state index in [0.29, 0.717) is 18.3 Å². The van der Waals surface area contributed by atoms with Crippen LogP contribution in [0.2, 0.25) is 0 Å². The number of carbonyl (C=O) groups excluding carboxylic acids is 1. The largest absolute Gasteiger partial charge is 0.493 e. The van der Waals surface area contributed by atoms with Crippen molar-refractivity contribution < 1.29 is 14.6 Å². The van der Waals surface area contributed by atoms with Crippen molar-refractivity contribution in [1.29, 1.82) is 0 Å². The Morgan fingerprint density at radius 2 is 2.21 bits per heavy atom. The average molecular weight is 345 g/mol. The van der Waals surface area contributed by atoms with Crippen LogP contribution in [-0.2, 0) is 6.61 Å². The van der Waals surface area contributed by atoms with Gasteiger partial charge in [-0.05, 0) is 12.0 Å². The third kappa shape index (κ3) is 3.00. The molecule has 0 aromatic carbocycles. The number of aromatic hydroxyl groups is 1. The fourth-order valence-corrected chi connectivity index (χ4v) is 2.98. The molecule has 0 atom stereocenters. The van der Waals surface area contributed by atoms with Crippen LogP contribution in [0.5, 0.6) is 11.6 Å². The molecule has 0 bridgehead atoms. The van der Waals surface area contributed by atoms with Crippen LogP contribution in [0.1, 0.15) is 40.8 Å². The molecule has 7 nitrogen and oxygen atoms in total. The fraction of sp³-hybridized carbons (Fsp3) is 0.250. The van der Waals surface area contributed by atoms with E-state index in [1.165, 1.54) is 28.0 Å². The highest BCUT2D eigenvalue weighted by molar-refractivity contribution is 7.09. The van der Waals surface area contributed by atoms with Crippen LogP contribution in [0.25, 0.3) is 5.65 Å². The third-order valence-electron chi connectivity index (χ3n) is 3.46. The topological polar surface area (TPSA) is 93.8 Å². The summed E-state index contributed by atoms with van der Waals surface area (Å²) < 4.78 is 6.85. The van der Waals surface area contributed by atoms with Gasteiger partial charge in [0.05, 0.1) is 5.69 Å². The highest BCUT2D eigenvalue weighted by atomic mass is 32.1. The summed E-state index contributed by atoms with van der Waals surface area (Å²) in [5.41, 5.74) is 0.227. The highest BCUT2D eigenvalue weighted by Crippen LogP contribution is 2.20. The summed E-state index contributed by atoms with van der Waals surface area (Å²) in [5, 5.41) is 12.5. The molecule has 24 heavy (non-hydrogen) atoms. The van der Waals surface area contributed by atoms with Gasteiger partial charge in [-0.2, -0.15) is 4.98 Å². The Labute approximate surface area is 141 Å². The number of ether oxygens (including phenoxy) is 1. The predicted molar refractivity (Wildman–Crippen MR) is 89.0 cm³/mol. The molecule has 0 radical (unpaired) electrons. The molecule has 0 aliphatic carbocycles. The monoisotopic (exact) mass is 345 g/mol. The number of aldehydes is 1. The minimum Gasteiger partial charge on any atom is -0.493 e. The van der Waals surface area contributed by atoms with Crippen molar-refractivity contribution in [2.75, 3.05) is 0 Å². The Hall–Kier alpha value is -2.74. The molecule has 3 aromatic heterocycles. The average Bonchev–Trinajstić information content (AvgIpc) is 3.02. The number of hydrogen-bond acceptors (Lipinski definition) is 7. The van der Waals surface area contributed by atoms with Gasteiger partial charge in [-0.15, -0.1) is 11.3 Å². The van der Waals surface area contributed by atoms with Crippen molar-refractivity contribution in [1.82, 2.24) is 14.4 Å². The fourth-order valence-electron chi connectivity index (χ4n) is 2.12. The van der Waals surface area contributed by atoms with Crippen molar-refractivity contribution in [2.24, 2.45) is 0 Å². The number of carbonyl (C=O) groups is 1.